The number of nitrogens with one attached hydrogen (secondary N) is 2. The summed E-state index contributed by atoms with van der Waals surface area (Å²) in [5.74, 6) is 1.05. The summed E-state index contributed by atoms with van der Waals surface area (Å²) < 4.78 is 5.49. The maximum absolute atomic E-state index is 12.2. The summed E-state index contributed by atoms with van der Waals surface area (Å²) in [6, 6.07) is 8.42. The maximum atomic E-state index is 12.2. The summed E-state index contributed by atoms with van der Waals surface area (Å²) in [5.41, 5.74) is 1.23. The Balaban J connectivity index is 0.00000147. The molecule has 2 N–H and O–H groups in total. The number of morpholine rings is 1. The second kappa shape index (κ2) is 7.31. The lowest BCUT2D eigenvalue weighted by atomic mass is 10.0. The highest BCUT2D eigenvalue weighted by atomic mass is 35.5. The fraction of sp³-hybridized carbons (Fsp3) is 0.500. The summed E-state index contributed by atoms with van der Waals surface area (Å²) in [4.78, 5) is 13.5. The van der Waals surface area contributed by atoms with Crippen molar-refractivity contribution in [1.29, 1.82) is 0 Å². The van der Waals surface area contributed by atoms with Crippen LogP contribution in [0.3, 0.4) is 0 Å². The Labute approximate surface area is 129 Å². The van der Waals surface area contributed by atoms with Gasteiger partial charge in [-0.2, -0.15) is 0 Å². The number of benzene rings is 1. The van der Waals surface area contributed by atoms with Crippen LogP contribution in [0.2, 0.25) is 0 Å². The topological polar surface area (TPSA) is 50.4 Å². The Kier molecular flexibility index (Phi) is 5.72. The first kappa shape index (κ1) is 15.6. The van der Waals surface area contributed by atoms with Crippen LogP contribution in [0.1, 0.15) is 18.0 Å². The van der Waals surface area contributed by atoms with Crippen molar-refractivity contribution in [1.82, 2.24) is 10.6 Å². The van der Waals surface area contributed by atoms with Crippen molar-refractivity contribution in [3.8, 4) is 0 Å². The van der Waals surface area contributed by atoms with E-state index in [4.69, 9.17) is 4.74 Å². The summed E-state index contributed by atoms with van der Waals surface area (Å²) in [7, 11) is 0. The molecule has 1 aromatic rings. The van der Waals surface area contributed by atoms with E-state index in [-0.39, 0.29) is 30.5 Å². The van der Waals surface area contributed by atoms with Gasteiger partial charge in [-0.05, 0) is 18.1 Å². The second-order valence-electron chi connectivity index (χ2n) is 4.80. The third-order valence-electron chi connectivity index (χ3n) is 3.50. The van der Waals surface area contributed by atoms with E-state index in [0.29, 0.717) is 13.2 Å². The van der Waals surface area contributed by atoms with Crippen LogP contribution in [0.5, 0.6) is 0 Å². The Hall–Kier alpha value is -0.750. The Bertz CT molecular complexity index is 466. The van der Waals surface area contributed by atoms with Gasteiger partial charge < -0.3 is 15.4 Å². The molecule has 2 aliphatic rings. The predicted octanol–water partition coefficient (Wildman–Crippen LogP) is 1.75. The number of hydrogen-bond acceptors (Lipinski definition) is 4. The van der Waals surface area contributed by atoms with Gasteiger partial charge in [0.2, 0.25) is 0 Å². The van der Waals surface area contributed by atoms with Crippen molar-refractivity contribution in [3.05, 3.63) is 29.8 Å². The smallest absolute Gasteiger partial charge is 0.250 e. The molecule has 4 nitrogen and oxygen atoms in total. The fourth-order valence-electron chi connectivity index (χ4n) is 2.49. The van der Waals surface area contributed by atoms with Crippen LogP contribution in [0.15, 0.2) is 29.2 Å². The van der Waals surface area contributed by atoms with Gasteiger partial charge in [-0.1, -0.05) is 18.2 Å². The SMILES string of the molecule is Cl.O=C(NC1CCSc2ccccc21)C1CNCCO1. The van der Waals surface area contributed by atoms with Gasteiger partial charge in [0, 0.05) is 23.7 Å². The molecule has 1 saturated heterocycles. The highest BCUT2D eigenvalue weighted by Gasteiger charge is 2.27. The fourth-order valence-corrected chi connectivity index (χ4v) is 3.62. The van der Waals surface area contributed by atoms with Crippen molar-refractivity contribution in [3.63, 3.8) is 0 Å². The van der Waals surface area contributed by atoms with Crippen LogP contribution in [0.25, 0.3) is 0 Å². The molecule has 20 heavy (non-hydrogen) atoms. The number of fused-ring (bicyclic) bond motifs is 1. The molecule has 0 saturated carbocycles. The molecule has 2 atom stereocenters. The number of carbonyl (C=O) groups is 1. The first-order chi connectivity index (χ1) is 9.34. The molecule has 0 spiro atoms. The molecule has 2 aliphatic heterocycles. The van der Waals surface area contributed by atoms with E-state index in [9.17, 15) is 4.79 Å². The average Bonchev–Trinajstić information content (AvgIpc) is 2.48. The van der Waals surface area contributed by atoms with E-state index in [1.54, 1.807) is 0 Å². The second-order valence-corrected chi connectivity index (χ2v) is 5.94. The van der Waals surface area contributed by atoms with Gasteiger partial charge in [0.25, 0.3) is 5.91 Å². The van der Waals surface area contributed by atoms with Crippen LogP contribution in [-0.4, -0.2) is 37.5 Å². The molecule has 0 radical (unpaired) electrons. The van der Waals surface area contributed by atoms with Crippen LogP contribution < -0.4 is 10.6 Å². The molecule has 110 valence electrons. The summed E-state index contributed by atoms with van der Waals surface area (Å²) >= 11 is 1.86. The van der Waals surface area contributed by atoms with Crippen LogP contribution in [0, 0.1) is 0 Å². The van der Waals surface area contributed by atoms with Gasteiger partial charge in [0.05, 0.1) is 12.6 Å². The summed E-state index contributed by atoms with van der Waals surface area (Å²) in [6.07, 6.45) is 0.628. The number of thioether (sulfide) groups is 1. The Morgan fingerprint density at radius 1 is 1.40 bits per heavy atom. The van der Waals surface area contributed by atoms with Gasteiger partial charge in [-0.15, -0.1) is 24.2 Å². The van der Waals surface area contributed by atoms with Crippen molar-refractivity contribution in [2.45, 2.75) is 23.5 Å². The van der Waals surface area contributed by atoms with Crippen LogP contribution >= 0.6 is 24.2 Å². The molecular weight excluding hydrogens is 296 g/mol. The van der Waals surface area contributed by atoms with Gasteiger partial charge in [-0.25, -0.2) is 0 Å². The lowest BCUT2D eigenvalue weighted by Gasteiger charge is -2.29. The zero-order valence-corrected chi connectivity index (χ0v) is 12.8. The summed E-state index contributed by atoms with van der Waals surface area (Å²) in [6.45, 7) is 2.04. The molecule has 1 amide bonds. The number of hydrogen-bond donors (Lipinski definition) is 2. The van der Waals surface area contributed by atoms with E-state index >= 15 is 0 Å². The van der Waals surface area contributed by atoms with Crippen LogP contribution in [-0.2, 0) is 9.53 Å². The monoisotopic (exact) mass is 314 g/mol. The molecule has 1 aromatic carbocycles. The number of rotatable bonds is 2. The lowest BCUT2D eigenvalue weighted by Crippen LogP contribution is -2.48. The van der Waals surface area contributed by atoms with E-state index in [1.807, 2.05) is 23.9 Å². The quantitative estimate of drug-likeness (QED) is 0.873. The highest BCUT2D eigenvalue weighted by Crippen LogP contribution is 2.35. The minimum Gasteiger partial charge on any atom is -0.366 e. The lowest BCUT2D eigenvalue weighted by molar-refractivity contribution is -0.135. The average molecular weight is 315 g/mol. The van der Waals surface area contributed by atoms with Crippen molar-refractivity contribution < 1.29 is 9.53 Å². The first-order valence-electron chi connectivity index (χ1n) is 6.69. The van der Waals surface area contributed by atoms with Crippen molar-refractivity contribution in [2.75, 3.05) is 25.4 Å². The number of ether oxygens (including phenoxy) is 1. The molecule has 3 rings (SSSR count). The third kappa shape index (κ3) is 3.47. The van der Waals surface area contributed by atoms with Gasteiger partial charge in [0.1, 0.15) is 6.10 Å². The maximum Gasteiger partial charge on any atom is 0.250 e. The zero-order valence-electron chi connectivity index (χ0n) is 11.1. The van der Waals surface area contributed by atoms with Crippen LogP contribution in [0.4, 0.5) is 0 Å². The first-order valence-corrected chi connectivity index (χ1v) is 7.67. The standard InChI is InChI=1S/C14H18N2O2S.ClH/c17-14(12-9-15-6-7-18-12)16-11-5-8-19-13-4-2-1-3-10(11)13;/h1-4,11-12,15H,5-9H2,(H,16,17);1H. The minimum absolute atomic E-state index is 0. The van der Waals surface area contributed by atoms with E-state index in [0.717, 1.165) is 18.7 Å². The summed E-state index contributed by atoms with van der Waals surface area (Å²) in [5, 5.41) is 6.31. The number of halogens is 1. The number of amides is 1. The highest BCUT2D eigenvalue weighted by molar-refractivity contribution is 7.99. The molecule has 2 unspecified atom stereocenters. The van der Waals surface area contributed by atoms with E-state index < -0.39 is 0 Å². The van der Waals surface area contributed by atoms with Crippen molar-refractivity contribution >= 4 is 30.1 Å². The largest absolute Gasteiger partial charge is 0.366 e. The van der Waals surface area contributed by atoms with E-state index in [1.165, 1.54) is 10.5 Å². The molecule has 0 bridgehead atoms. The molecule has 6 heteroatoms. The Morgan fingerprint density at radius 3 is 3.05 bits per heavy atom. The molecular formula is C14H19ClN2O2S. The minimum atomic E-state index is -0.351. The third-order valence-corrected chi connectivity index (χ3v) is 4.62. The Morgan fingerprint density at radius 2 is 2.25 bits per heavy atom. The normalized spacial score (nSPS) is 25.2. The van der Waals surface area contributed by atoms with Crippen molar-refractivity contribution in [2.24, 2.45) is 0 Å². The molecule has 1 fully saturated rings. The zero-order chi connectivity index (χ0) is 13.1. The van der Waals surface area contributed by atoms with Gasteiger partial charge in [-0.3, -0.25) is 4.79 Å². The number of carbonyl (C=O) groups excluding carboxylic acids is 1. The van der Waals surface area contributed by atoms with E-state index in [2.05, 4.69) is 22.8 Å². The van der Waals surface area contributed by atoms with Gasteiger partial charge >= 0.3 is 0 Å². The molecule has 2 heterocycles. The molecule has 0 aromatic heterocycles. The predicted molar refractivity (Wildman–Crippen MR) is 82.5 cm³/mol. The molecule has 0 aliphatic carbocycles. The van der Waals surface area contributed by atoms with Gasteiger partial charge in [0.15, 0.2) is 0 Å².